The molecule has 0 aliphatic heterocycles. The van der Waals surface area contributed by atoms with Crippen LogP contribution >= 0.6 is 0 Å². The fourth-order valence-electron chi connectivity index (χ4n) is 1.39. The van der Waals surface area contributed by atoms with E-state index in [9.17, 15) is 5.11 Å². The van der Waals surface area contributed by atoms with Gasteiger partial charge in [-0.1, -0.05) is 12.1 Å². The number of phenols is 1. The molecular formula is C11H11NO. The lowest BCUT2D eigenvalue weighted by molar-refractivity contribution is 0.476. The highest BCUT2D eigenvalue weighted by Gasteiger charge is 1.95. The van der Waals surface area contributed by atoms with E-state index in [1.807, 2.05) is 25.2 Å². The standard InChI is InChI=1S/C11H11NO/c1-12-10-4-2-9-7-11(13)5-3-8(9)6-10/h2-7,12-13H,1H3. The number of rotatable bonds is 1. The van der Waals surface area contributed by atoms with Crippen molar-refractivity contribution < 1.29 is 5.11 Å². The molecule has 2 heteroatoms. The molecule has 0 spiro atoms. The van der Waals surface area contributed by atoms with Gasteiger partial charge in [0.2, 0.25) is 0 Å². The van der Waals surface area contributed by atoms with E-state index < -0.39 is 0 Å². The van der Waals surface area contributed by atoms with Gasteiger partial charge in [0.25, 0.3) is 0 Å². The first kappa shape index (κ1) is 7.92. The van der Waals surface area contributed by atoms with Crippen LogP contribution in [0, 0.1) is 0 Å². The van der Waals surface area contributed by atoms with Crippen LogP contribution in [-0.2, 0) is 0 Å². The summed E-state index contributed by atoms with van der Waals surface area (Å²) in [6.07, 6.45) is 0. The molecule has 0 aliphatic rings. The number of hydrogen-bond acceptors (Lipinski definition) is 2. The molecule has 0 saturated heterocycles. The quantitative estimate of drug-likeness (QED) is 0.694. The maximum atomic E-state index is 9.24. The van der Waals surface area contributed by atoms with Crippen molar-refractivity contribution in [1.82, 2.24) is 0 Å². The van der Waals surface area contributed by atoms with Crippen molar-refractivity contribution in [3.05, 3.63) is 36.4 Å². The average molecular weight is 173 g/mol. The van der Waals surface area contributed by atoms with Crippen LogP contribution in [0.15, 0.2) is 36.4 Å². The molecule has 2 nitrogen and oxygen atoms in total. The zero-order valence-electron chi connectivity index (χ0n) is 7.41. The number of nitrogens with one attached hydrogen (secondary N) is 1. The van der Waals surface area contributed by atoms with Gasteiger partial charge in [-0.05, 0) is 35.0 Å². The van der Waals surface area contributed by atoms with E-state index >= 15 is 0 Å². The van der Waals surface area contributed by atoms with E-state index in [4.69, 9.17) is 0 Å². The summed E-state index contributed by atoms with van der Waals surface area (Å²) in [5.74, 6) is 0.310. The molecule has 0 aliphatic carbocycles. The van der Waals surface area contributed by atoms with Crippen molar-refractivity contribution in [3.8, 4) is 5.75 Å². The molecule has 2 aromatic rings. The van der Waals surface area contributed by atoms with Crippen LogP contribution in [-0.4, -0.2) is 12.2 Å². The number of hydrogen-bond donors (Lipinski definition) is 2. The Hall–Kier alpha value is -1.70. The largest absolute Gasteiger partial charge is 0.508 e. The second-order valence-electron chi connectivity index (χ2n) is 3.00. The monoisotopic (exact) mass is 173 g/mol. The smallest absolute Gasteiger partial charge is 0.116 e. The summed E-state index contributed by atoms with van der Waals surface area (Å²) in [5.41, 5.74) is 1.08. The number of benzene rings is 2. The summed E-state index contributed by atoms with van der Waals surface area (Å²) in [7, 11) is 1.89. The van der Waals surface area contributed by atoms with Crippen LogP contribution in [0.3, 0.4) is 0 Å². The molecule has 0 heterocycles. The summed E-state index contributed by atoms with van der Waals surface area (Å²) >= 11 is 0. The van der Waals surface area contributed by atoms with E-state index in [2.05, 4.69) is 11.4 Å². The van der Waals surface area contributed by atoms with Gasteiger partial charge in [-0.2, -0.15) is 0 Å². The van der Waals surface area contributed by atoms with Gasteiger partial charge in [0, 0.05) is 12.7 Å². The lowest BCUT2D eigenvalue weighted by Gasteiger charge is -2.02. The Balaban J connectivity index is 2.66. The number of phenolic OH excluding ortho intramolecular Hbond substituents is 1. The maximum absolute atomic E-state index is 9.24. The number of anilines is 1. The highest BCUT2D eigenvalue weighted by Crippen LogP contribution is 2.22. The predicted molar refractivity (Wildman–Crippen MR) is 55.2 cm³/mol. The molecule has 0 amide bonds. The van der Waals surface area contributed by atoms with Gasteiger partial charge >= 0.3 is 0 Å². The van der Waals surface area contributed by atoms with E-state index in [1.54, 1.807) is 12.1 Å². The summed E-state index contributed by atoms with van der Waals surface area (Å²) in [5, 5.41) is 14.5. The third kappa shape index (κ3) is 1.43. The van der Waals surface area contributed by atoms with Gasteiger partial charge < -0.3 is 10.4 Å². The average Bonchev–Trinajstić information content (AvgIpc) is 2.17. The molecule has 2 rings (SSSR count). The fourth-order valence-corrected chi connectivity index (χ4v) is 1.39. The Morgan fingerprint density at radius 2 is 1.69 bits per heavy atom. The fraction of sp³-hybridized carbons (Fsp3) is 0.0909. The zero-order chi connectivity index (χ0) is 9.26. The van der Waals surface area contributed by atoms with Crippen molar-refractivity contribution >= 4 is 16.5 Å². The third-order valence-electron chi connectivity index (χ3n) is 2.11. The summed E-state index contributed by atoms with van der Waals surface area (Å²) in [4.78, 5) is 0. The van der Waals surface area contributed by atoms with Gasteiger partial charge in [-0.3, -0.25) is 0 Å². The minimum absolute atomic E-state index is 0.310. The highest BCUT2D eigenvalue weighted by atomic mass is 16.3. The molecule has 0 aromatic heterocycles. The topological polar surface area (TPSA) is 32.3 Å². The maximum Gasteiger partial charge on any atom is 0.116 e. The first-order valence-electron chi connectivity index (χ1n) is 4.20. The van der Waals surface area contributed by atoms with Crippen LogP contribution in [0.2, 0.25) is 0 Å². The second kappa shape index (κ2) is 2.98. The minimum atomic E-state index is 0.310. The Morgan fingerprint density at radius 3 is 2.46 bits per heavy atom. The second-order valence-corrected chi connectivity index (χ2v) is 3.00. The molecule has 0 unspecified atom stereocenters. The van der Waals surface area contributed by atoms with Crippen LogP contribution in [0.1, 0.15) is 0 Å². The summed E-state index contributed by atoms with van der Waals surface area (Å²) in [6.45, 7) is 0. The van der Waals surface area contributed by atoms with Gasteiger partial charge in [0.05, 0.1) is 0 Å². The normalized spacial score (nSPS) is 10.2. The summed E-state index contributed by atoms with van der Waals surface area (Å²) < 4.78 is 0. The molecule has 0 saturated carbocycles. The molecule has 0 radical (unpaired) electrons. The van der Waals surface area contributed by atoms with Gasteiger partial charge in [0.15, 0.2) is 0 Å². The minimum Gasteiger partial charge on any atom is -0.508 e. The van der Waals surface area contributed by atoms with Gasteiger partial charge in [0.1, 0.15) is 5.75 Å². The first-order chi connectivity index (χ1) is 6.29. The van der Waals surface area contributed by atoms with E-state index in [0.717, 1.165) is 16.5 Å². The van der Waals surface area contributed by atoms with Crippen LogP contribution in [0.25, 0.3) is 10.8 Å². The summed E-state index contributed by atoms with van der Waals surface area (Å²) in [6, 6.07) is 11.4. The molecule has 13 heavy (non-hydrogen) atoms. The Labute approximate surface area is 76.8 Å². The van der Waals surface area contributed by atoms with Gasteiger partial charge in [-0.15, -0.1) is 0 Å². The van der Waals surface area contributed by atoms with Crippen LogP contribution in [0.4, 0.5) is 5.69 Å². The van der Waals surface area contributed by atoms with Crippen molar-refractivity contribution in [2.24, 2.45) is 0 Å². The number of aromatic hydroxyl groups is 1. The van der Waals surface area contributed by atoms with Gasteiger partial charge in [-0.25, -0.2) is 0 Å². The van der Waals surface area contributed by atoms with E-state index in [-0.39, 0.29) is 0 Å². The molecule has 2 N–H and O–H groups in total. The molecule has 0 bridgehead atoms. The SMILES string of the molecule is CNc1ccc2cc(O)ccc2c1. The third-order valence-corrected chi connectivity index (χ3v) is 2.11. The lowest BCUT2D eigenvalue weighted by Crippen LogP contribution is -1.86. The highest BCUT2D eigenvalue weighted by molar-refractivity contribution is 5.86. The molecule has 2 aromatic carbocycles. The number of fused-ring (bicyclic) bond motifs is 1. The van der Waals surface area contributed by atoms with Crippen molar-refractivity contribution in [2.75, 3.05) is 12.4 Å². The Bertz CT molecular complexity index is 437. The first-order valence-corrected chi connectivity index (χ1v) is 4.20. The molecule has 0 fully saturated rings. The van der Waals surface area contributed by atoms with E-state index in [1.165, 1.54) is 0 Å². The van der Waals surface area contributed by atoms with Crippen LogP contribution in [0.5, 0.6) is 5.75 Å². The lowest BCUT2D eigenvalue weighted by atomic mass is 10.1. The molecule has 0 atom stereocenters. The van der Waals surface area contributed by atoms with Crippen molar-refractivity contribution in [3.63, 3.8) is 0 Å². The molecule has 66 valence electrons. The van der Waals surface area contributed by atoms with Crippen LogP contribution < -0.4 is 5.32 Å². The zero-order valence-corrected chi connectivity index (χ0v) is 7.41. The molecular weight excluding hydrogens is 162 g/mol. The van der Waals surface area contributed by atoms with Crippen molar-refractivity contribution in [1.29, 1.82) is 0 Å². The Morgan fingerprint density at radius 1 is 1.00 bits per heavy atom. The van der Waals surface area contributed by atoms with E-state index in [0.29, 0.717) is 5.75 Å². The van der Waals surface area contributed by atoms with Crippen molar-refractivity contribution in [2.45, 2.75) is 0 Å². The Kier molecular flexibility index (Phi) is 1.81. The predicted octanol–water partition coefficient (Wildman–Crippen LogP) is 2.59.